The smallest absolute Gasteiger partial charge is 0.208 e. The van der Waals surface area contributed by atoms with Gasteiger partial charge in [-0.1, -0.05) is 30.3 Å². The van der Waals surface area contributed by atoms with Crippen molar-refractivity contribution >= 4 is 16.9 Å². The number of hydrogen-bond donors (Lipinski definition) is 3. The molecule has 0 saturated heterocycles. The molecule has 2 aromatic heterocycles. The van der Waals surface area contributed by atoms with Crippen molar-refractivity contribution < 1.29 is 0 Å². The molecule has 0 bridgehead atoms. The molecule has 1 unspecified atom stereocenters. The van der Waals surface area contributed by atoms with E-state index in [0.29, 0.717) is 0 Å². The van der Waals surface area contributed by atoms with Crippen molar-refractivity contribution in [2.45, 2.75) is 18.9 Å². The SMILES string of the molecule is CN(N=C(N)N)C(CCc1ccccc1)c1cc2ccncc2[nH]1. The van der Waals surface area contributed by atoms with Crippen molar-refractivity contribution in [2.24, 2.45) is 16.6 Å². The van der Waals surface area contributed by atoms with Gasteiger partial charge in [0, 0.05) is 24.3 Å². The van der Waals surface area contributed by atoms with E-state index in [1.807, 2.05) is 30.4 Å². The number of aromatic nitrogens is 2. The number of aryl methyl sites for hydroxylation is 1. The maximum atomic E-state index is 5.56. The normalized spacial score (nSPS) is 12.0. The van der Waals surface area contributed by atoms with Gasteiger partial charge in [-0.05, 0) is 30.5 Å². The number of hydrazone groups is 1. The molecule has 0 fully saturated rings. The largest absolute Gasteiger partial charge is 0.369 e. The molecule has 2 heterocycles. The third-order valence-electron chi connectivity index (χ3n) is 4.08. The molecule has 0 aliphatic carbocycles. The van der Waals surface area contributed by atoms with Crippen LogP contribution in [0.3, 0.4) is 0 Å². The second-order valence-electron chi connectivity index (χ2n) is 5.83. The Labute approximate surface area is 141 Å². The molecule has 0 spiro atoms. The molecular weight excluding hydrogens is 300 g/mol. The maximum Gasteiger partial charge on any atom is 0.208 e. The first kappa shape index (κ1) is 15.9. The Kier molecular flexibility index (Phi) is 4.65. The molecule has 5 N–H and O–H groups in total. The molecule has 3 aromatic rings. The number of fused-ring (bicyclic) bond motifs is 1. The van der Waals surface area contributed by atoms with Crippen LogP contribution in [-0.4, -0.2) is 28.0 Å². The molecule has 24 heavy (non-hydrogen) atoms. The minimum atomic E-state index is 0.0414. The van der Waals surface area contributed by atoms with Gasteiger partial charge in [-0.3, -0.25) is 9.99 Å². The summed E-state index contributed by atoms with van der Waals surface area (Å²) in [5, 5.41) is 7.15. The summed E-state index contributed by atoms with van der Waals surface area (Å²) in [7, 11) is 1.89. The molecule has 0 aliphatic rings. The average Bonchev–Trinajstić information content (AvgIpc) is 2.99. The fourth-order valence-corrected chi connectivity index (χ4v) is 2.92. The van der Waals surface area contributed by atoms with Gasteiger partial charge in [0.1, 0.15) is 0 Å². The van der Waals surface area contributed by atoms with Crippen molar-refractivity contribution in [1.29, 1.82) is 0 Å². The number of guanidine groups is 1. The first-order valence-electron chi connectivity index (χ1n) is 7.92. The number of nitrogens with zero attached hydrogens (tertiary/aromatic N) is 3. The van der Waals surface area contributed by atoms with Gasteiger partial charge < -0.3 is 16.5 Å². The van der Waals surface area contributed by atoms with Gasteiger partial charge in [0.25, 0.3) is 0 Å². The Hall–Kier alpha value is -3.02. The molecule has 1 aromatic carbocycles. The second-order valence-corrected chi connectivity index (χ2v) is 5.83. The van der Waals surface area contributed by atoms with Gasteiger partial charge in [-0.15, -0.1) is 5.10 Å². The Morgan fingerprint density at radius 1 is 1.25 bits per heavy atom. The highest BCUT2D eigenvalue weighted by Crippen LogP contribution is 2.27. The van der Waals surface area contributed by atoms with E-state index in [1.54, 1.807) is 6.20 Å². The van der Waals surface area contributed by atoms with Crippen LogP contribution in [0.1, 0.15) is 23.7 Å². The fraction of sp³-hybridized carbons (Fsp3) is 0.222. The van der Waals surface area contributed by atoms with Crippen molar-refractivity contribution in [3.05, 3.63) is 66.1 Å². The van der Waals surface area contributed by atoms with E-state index in [0.717, 1.165) is 29.4 Å². The molecule has 1 atom stereocenters. The zero-order valence-electron chi connectivity index (χ0n) is 13.7. The minimum Gasteiger partial charge on any atom is -0.369 e. The molecule has 6 nitrogen and oxygen atoms in total. The summed E-state index contributed by atoms with van der Waals surface area (Å²) in [5.74, 6) is 0.0555. The molecule has 124 valence electrons. The molecule has 0 saturated carbocycles. The molecule has 0 aliphatic heterocycles. The molecule has 3 rings (SSSR count). The number of H-pyrrole nitrogens is 1. The van der Waals surface area contributed by atoms with Crippen LogP contribution < -0.4 is 11.5 Å². The topological polar surface area (TPSA) is 96.3 Å². The van der Waals surface area contributed by atoms with Crippen LogP contribution in [0.5, 0.6) is 0 Å². The van der Waals surface area contributed by atoms with E-state index < -0.39 is 0 Å². The van der Waals surface area contributed by atoms with E-state index in [4.69, 9.17) is 11.5 Å². The number of rotatable bonds is 6. The third kappa shape index (κ3) is 3.65. The van der Waals surface area contributed by atoms with Crippen LogP contribution in [0.2, 0.25) is 0 Å². The molecule has 0 amide bonds. The summed E-state index contributed by atoms with van der Waals surface area (Å²) < 4.78 is 0. The lowest BCUT2D eigenvalue weighted by atomic mass is 10.0. The van der Waals surface area contributed by atoms with Crippen LogP contribution in [0.15, 0.2) is 60.0 Å². The van der Waals surface area contributed by atoms with Crippen LogP contribution in [0.25, 0.3) is 10.9 Å². The van der Waals surface area contributed by atoms with E-state index in [-0.39, 0.29) is 12.0 Å². The highest BCUT2D eigenvalue weighted by atomic mass is 15.5. The van der Waals surface area contributed by atoms with Crippen molar-refractivity contribution in [3.8, 4) is 0 Å². The number of benzene rings is 1. The van der Waals surface area contributed by atoms with Gasteiger partial charge >= 0.3 is 0 Å². The average molecular weight is 322 g/mol. The predicted octanol–water partition coefficient (Wildman–Crippen LogP) is 2.36. The van der Waals surface area contributed by atoms with E-state index in [9.17, 15) is 0 Å². The highest BCUT2D eigenvalue weighted by molar-refractivity contribution is 5.79. The van der Waals surface area contributed by atoms with Crippen LogP contribution in [0, 0.1) is 0 Å². The maximum absolute atomic E-state index is 5.56. The lowest BCUT2D eigenvalue weighted by molar-refractivity contribution is 0.239. The zero-order valence-corrected chi connectivity index (χ0v) is 13.7. The number of hydrogen-bond acceptors (Lipinski definition) is 3. The number of nitrogens with one attached hydrogen (secondary N) is 1. The first-order chi connectivity index (χ1) is 11.6. The molecular formula is C18H22N6. The summed E-state index contributed by atoms with van der Waals surface area (Å²) in [6.45, 7) is 0. The number of nitrogens with two attached hydrogens (primary N) is 2. The minimum absolute atomic E-state index is 0.0414. The van der Waals surface area contributed by atoms with Gasteiger partial charge in [0.15, 0.2) is 0 Å². The van der Waals surface area contributed by atoms with Gasteiger partial charge in [-0.2, -0.15) is 0 Å². The first-order valence-corrected chi connectivity index (χ1v) is 7.92. The summed E-state index contributed by atoms with van der Waals surface area (Å²) in [5.41, 5.74) is 14.5. The molecule has 6 heteroatoms. The Morgan fingerprint density at radius 3 is 2.75 bits per heavy atom. The predicted molar refractivity (Wildman–Crippen MR) is 97.2 cm³/mol. The van der Waals surface area contributed by atoms with Crippen LogP contribution in [0.4, 0.5) is 0 Å². The van der Waals surface area contributed by atoms with Crippen molar-refractivity contribution in [1.82, 2.24) is 15.0 Å². The molecule has 0 radical (unpaired) electrons. The highest BCUT2D eigenvalue weighted by Gasteiger charge is 2.19. The summed E-state index contributed by atoms with van der Waals surface area (Å²) in [6, 6.07) is 14.6. The van der Waals surface area contributed by atoms with E-state index >= 15 is 0 Å². The van der Waals surface area contributed by atoms with E-state index in [2.05, 4.69) is 45.4 Å². The lowest BCUT2D eigenvalue weighted by Crippen LogP contribution is -2.29. The lowest BCUT2D eigenvalue weighted by Gasteiger charge is -2.25. The summed E-state index contributed by atoms with van der Waals surface area (Å²) >= 11 is 0. The van der Waals surface area contributed by atoms with Gasteiger partial charge in [0.05, 0.1) is 17.8 Å². The monoisotopic (exact) mass is 322 g/mol. The Balaban J connectivity index is 1.87. The van der Waals surface area contributed by atoms with Crippen molar-refractivity contribution in [3.63, 3.8) is 0 Å². The second kappa shape index (κ2) is 7.04. The Morgan fingerprint density at radius 2 is 2.04 bits per heavy atom. The van der Waals surface area contributed by atoms with Crippen molar-refractivity contribution in [2.75, 3.05) is 7.05 Å². The van der Waals surface area contributed by atoms with Crippen LogP contribution in [-0.2, 0) is 6.42 Å². The standard InChI is InChI=1S/C18H22N6/c1-24(23-18(19)20)17(8-7-13-5-3-2-4-6-13)15-11-14-9-10-21-12-16(14)22-15/h2-6,9-12,17,22H,7-8H2,1H3,(H4,19,20,23). The summed E-state index contributed by atoms with van der Waals surface area (Å²) in [4.78, 5) is 7.59. The zero-order chi connectivity index (χ0) is 16.9. The van der Waals surface area contributed by atoms with Crippen LogP contribution >= 0.6 is 0 Å². The quantitative estimate of drug-likeness (QED) is 0.369. The number of aromatic amines is 1. The Bertz CT molecular complexity index is 787. The summed E-state index contributed by atoms with van der Waals surface area (Å²) in [6.07, 6.45) is 5.44. The number of pyridine rings is 1. The van der Waals surface area contributed by atoms with Gasteiger partial charge in [-0.25, -0.2) is 0 Å². The third-order valence-corrected chi connectivity index (χ3v) is 4.08. The van der Waals surface area contributed by atoms with E-state index in [1.165, 1.54) is 5.56 Å². The van der Waals surface area contributed by atoms with Gasteiger partial charge in [0.2, 0.25) is 5.96 Å². The fourth-order valence-electron chi connectivity index (χ4n) is 2.92.